The van der Waals surface area contributed by atoms with E-state index >= 15 is 0 Å². The molecule has 7 heteroatoms. The summed E-state index contributed by atoms with van der Waals surface area (Å²) in [4.78, 5) is 11.0. The molecule has 0 aromatic heterocycles. The molecule has 0 aliphatic carbocycles. The molecule has 1 aromatic rings. The van der Waals surface area contributed by atoms with Crippen molar-refractivity contribution in [3.63, 3.8) is 0 Å². The number of anilines is 1. The average Bonchev–Trinajstić information content (AvgIpc) is 2.18. The fraction of sp³-hybridized carbons (Fsp3) is 0.125. The van der Waals surface area contributed by atoms with E-state index in [0.29, 0.717) is 0 Å². The van der Waals surface area contributed by atoms with Gasteiger partial charge in [-0.15, -0.1) is 0 Å². The van der Waals surface area contributed by atoms with Gasteiger partial charge < -0.3 is 5.73 Å². The van der Waals surface area contributed by atoms with Crippen molar-refractivity contribution < 1.29 is 13.2 Å². The Balaban J connectivity index is 3.10. The number of benzene rings is 1. The minimum Gasteiger partial charge on any atom is -0.366 e. The van der Waals surface area contributed by atoms with Crippen molar-refractivity contribution in [2.24, 2.45) is 5.73 Å². The normalized spacial score (nSPS) is 11.0. The van der Waals surface area contributed by atoms with Crippen molar-refractivity contribution in [2.75, 3.05) is 11.8 Å². The fourth-order valence-corrected chi connectivity index (χ4v) is 1.55. The number of carbonyl (C=O) groups excluding carboxylic acids is 1. The van der Waals surface area contributed by atoms with E-state index in [-0.39, 0.29) is 11.3 Å². The van der Waals surface area contributed by atoms with E-state index in [1.54, 1.807) is 12.1 Å². The van der Waals surface area contributed by atoms with Gasteiger partial charge >= 0.3 is 0 Å². The van der Waals surface area contributed by atoms with Gasteiger partial charge in [-0.1, -0.05) is 12.1 Å². The average molecular weight is 229 g/mol. The Morgan fingerprint density at radius 2 is 1.93 bits per heavy atom. The molecule has 0 saturated heterocycles. The first kappa shape index (κ1) is 11.5. The van der Waals surface area contributed by atoms with Gasteiger partial charge in [0.1, 0.15) is 0 Å². The molecule has 6 nitrogen and oxygen atoms in total. The van der Waals surface area contributed by atoms with Gasteiger partial charge in [0.05, 0.1) is 11.3 Å². The first-order chi connectivity index (χ1) is 6.96. The number of nitrogens with two attached hydrogens (primary N) is 1. The lowest BCUT2D eigenvalue weighted by Crippen LogP contribution is -2.27. The zero-order valence-corrected chi connectivity index (χ0v) is 8.84. The zero-order chi connectivity index (χ0) is 11.5. The Bertz CT molecular complexity index is 470. The molecule has 0 unspecified atom stereocenters. The maximum absolute atomic E-state index is 11.2. The predicted octanol–water partition coefficient (Wildman–Crippen LogP) is -0.338. The third-order valence-electron chi connectivity index (χ3n) is 1.71. The number of amides is 1. The molecule has 0 aliphatic heterocycles. The Labute approximate surface area is 87.7 Å². The molecule has 15 heavy (non-hydrogen) atoms. The summed E-state index contributed by atoms with van der Waals surface area (Å²) in [5.74, 6) is -0.690. The second kappa shape index (κ2) is 4.28. The van der Waals surface area contributed by atoms with Crippen LogP contribution in [0.2, 0.25) is 0 Å². The summed E-state index contributed by atoms with van der Waals surface area (Å²) in [6.07, 6.45) is 0. The molecule has 1 rings (SSSR count). The second-order valence-corrected chi connectivity index (χ2v) is 4.34. The molecule has 82 valence electrons. The molecule has 0 radical (unpaired) electrons. The van der Waals surface area contributed by atoms with E-state index in [9.17, 15) is 13.2 Å². The minimum atomic E-state index is -3.64. The van der Waals surface area contributed by atoms with E-state index in [0.717, 1.165) is 0 Å². The van der Waals surface area contributed by atoms with Gasteiger partial charge in [0.2, 0.25) is 0 Å². The molecule has 0 bridgehead atoms. The number of primary amides is 1. The number of carbonyl (C=O) groups is 1. The molecule has 1 aromatic carbocycles. The first-order valence-corrected chi connectivity index (χ1v) is 5.54. The van der Waals surface area contributed by atoms with Crippen LogP contribution in [0.4, 0.5) is 5.69 Å². The van der Waals surface area contributed by atoms with Crippen LogP contribution in [0.5, 0.6) is 0 Å². The summed E-state index contributed by atoms with van der Waals surface area (Å²) in [5, 5.41) is 0. The van der Waals surface area contributed by atoms with Crippen LogP contribution in [0.15, 0.2) is 24.3 Å². The van der Waals surface area contributed by atoms with Crippen molar-refractivity contribution in [3.8, 4) is 0 Å². The van der Waals surface area contributed by atoms with Gasteiger partial charge in [-0.25, -0.2) is 4.72 Å². The summed E-state index contributed by atoms with van der Waals surface area (Å²) < 4.78 is 26.6. The van der Waals surface area contributed by atoms with E-state index in [1.807, 2.05) is 0 Å². The number of hydrogen-bond donors (Lipinski definition) is 3. The van der Waals surface area contributed by atoms with Gasteiger partial charge in [0.25, 0.3) is 16.1 Å². The van der Waals surface area contributed by atoms with Crippen molar-refractivity contribution in [2.45, 2.75) is 0 Å². The molecule has 0 heterocycles. The highest BCUT2D eigenvalue weighted by Crippen LogP contribution is 2.14. The molecule has 0 fully saturated rings. The molecule has 4 N–H and O–H groups in total. The highest BCUT2D eigenvalue weighted by Gasteiger charge is 2.12. The van der Waals surface area contributed by atoms with Crippen LogP contribution in [-0.2, 0) is 10.2 Å². The fourth-order valence-electron chi connectivity index (χ4n) is 0.983. The quantitative estimate of drug-likeness (QED) is 0.658. The SMILES string of the molecule is CNS(=O)(=O)Nc1ccccc1C(N)=O. The second-order valence-electron chi connectivity index (χ2n) is 2.72. The molecule has 1 amide bonds. The van der Waals surface area contributed by atoms with Crippen LogP contribution in [0.1, 0.15) is 10.4 Å². The van der Waals surface area contributed by atoms with E-state index in [1.165, 1.54) is 19.2 Å². The molecular formula is C8H11N3O3S. The lowest BCUT2D eigenvalue weighted by molar-refractivity contribution is 0.100. The first-order valence-electron chi connectivity index (χ1n) is 4.06. The van der Waals surface area contributed by atoms with Crippen LogP contribution in [0.3, 0.4) is 0 Å². The molecule has 0 aliphatic rings. The molecular weight excluding hydrogens is 218 g/mol. The van der Waals surface area contributed by atoms with Crippen molar-refractivity contribution in [1.82, 2.24) is 4.72 Å². The third kappa shape index (κ3) is 2.93. The van der Waals surface area contributed by atoms with Crippen LogP contribution < -0.4 is 15.2 Å². The van der Waals surface area contributed by atoms with E-state index < -0.39 is 16.1 Å². The number of hydrogen-bond acceptors (Lipinski definition) is 3. The number of para-hydroxylation sites is 1. The monoisotopic (exact) mass is 229 g/mol. The van der Waals surface area contributed by atoms with Crippen LogP contribution in [0.25, 0.3) is 0 Å². The zero-order valence-electron chi connectivity index (χ0n) is 8.02. The van der Waals surface area contributed by atoms with Gasteiger partial charge in [-0.2, -0.15) is 8.42 Å². The Kier molecular flexibility index (Phi) is 3.28. The van der Waals surface area contributed by atoms with E-state index in [4.69, 9.17) is 5.73 Å². The lowest BCUT2D eigenvalue weighted by atomic mass is 10.2. The Hall–Kier alpha value is -1.60. The maximum Gasteiger partial charge on any atom is 0.298 e. The smallest absolute Gasteiger partial charge is 0.298 e. The third-order valence-corrected chi connectivity index (χ3v) is 2.73. The highest BCUT2D eigenvalue weighted by atomic mass is 32.2. The highest BCUT2D eigenvalue weighted by molar-refractivity contribution is 7.90. The van der Waals surface area contributed by atoms with Crippen molar-refractivity contribution in [3.05, 3.63) is 29.8 Å². The Morgan fingerprint density at radius 3 is 2.47 bits per heavy atom. The van der Waals surface area contributed by atoms with Crippen LogP contribution >= 0.6 is 0 Å². The summed E-state index contributed by atoms with van der Waals surface area (Å²) >= 11 is 0. The molecule has 0 atom stereocenters. The Morgan fingerprint density at radius 1 is 1.33 bits per heavy atom. The minimum absolute atomic E-state index is 0.122. The maximum atomic E-state index is 11.2. The van der Waals surface area contributed by atoms with Gasteiger partial charge in [-0.3, -0.25) is 9.52 Å². The van der Waals surface area contributed by atoms with Gasteiger partial charge in [-0.05, 0) is 12.1 Å². The molecule has 0 saturated carbocycles. The van der Waals surface area contributed by atoms with Crippen molar-refractivity contribution >= 4 is 21.8 Å². The summed E-state index contributed by atoms with van der Waals surface area (Å²) in [6.45, 7) is 0. The summed E-state index contributed by atoms with van der Waals surface area (Å²) in [5.41, 5.74) is 5.35. The standard InChI is InChI=1S/C8H11N3O3S/c1-10-15(13,14)11-7-5-3-2-4-6(7)8(9)12/h2-5,10-11H,1H3,(H2,9,12). The number of rotatable bonds is 4. The summed E-state index contributed by atoms with van der Waals surface area (Å²) in [6, 6.07) is 6.09. The predicted molar refractivity (Wildman–Crippen MR) is 56.6 cm³/mol. The van der Waals surface area contributed by atoms with E-state index in [2.05, 4.69) is 9.44 Å². The largest absolute Gasteiger partial charge is 0.366 e. The van der Waals surface area contributed by atoms with Gasteiger partial charge in [0, 0.05) is 7.05 Å². The van der Waals surface area contributed by atoms with Crippen molar-refractivity contribution in [1.29, 1.82) is 0 Å². The lowest BCUT2D eigenvalue weighted by Gasteiger charge is -2.09. The van der Waals surface area contributed by atoms with Crippen LogP contribution in [-0.4, -0.2) is 21.4 Å². The number of nitrogens with one attached hydrogen (secondary N) is 2. The van der Waals surface area contributed by atoms with Gasteiger partial charge in [0.15, 0.2) is 0 Å². The molecule has 0 spiro atoms. The summed E-state index contributed by atoms with van der Waals surface area (Å²) in [7, 11) is -2.38. The topological polar surface area (TPSA) is 101 Å². The van der Waals surface area contributed by atoms with Crippen LogP contribution in [0, 0.1) is 0 Å².